The Kier molecular flexibility index (Phi) is 6.90. The first-order chi connectivity index (χ1) is 12.6. The van der Waals surface area contributed by atoms with E-state index in [0.717, 1.165) is 15.2 Å². The monoisotopic (exact) mass is 391 g/mol. The van der Waals surface area contributed by atoms with Crippen molar-refractivity contribution in [2.45, 2.75) is 39.2 Å². The molecule has 7 nitrogen and oxygen atoms in total. The molecule has 146 valence electrons. The van der Waals surface area contributed by atoms with Crippen molar-refractivity contribution in [3.05, 3.63) is 29.3 Å². The molecular weight excluding hydrogens is 366 g/mol. The number of benzene rings is 1. The average molecular weight is 391 g/mol. The van der Waals surface area contributed by atoms with Crippen LogP contribution >= 0.6 is 11.3 Å². The minimum Gasteiger partial charge on any atom is -0.456 e. The summed E-state index contributed by atoms with van der Waals surface area (Å²) in [7, 11) is 1.50. The van der Waals surface area contributed by atoms with Crippen LogP contribution in [0, 0.1) is 0 Å². The molecule has 0 unspecified atom stereocenters. The van der Waals surface area contributed by atoms with E-state index in [4.69, 9.17) is 4.74 Å². The number of likely N-dealkylation sites (N-methyl/N-ethyl adjacent to an activating group) is 1. The maximum absolute atomic E-state index is 12.0. The summed E-state index contributed by atoms with van der Waals surface area (Å²) in [6, 6.07) is 7.78. The van der Waals surface area contributed by atoms with E-state index in [1.807, 2.05) is 45.0 Å². The molecular formula is C19H25N3O4S. The molecule has 8 heteroatoms. The number of esters is 1. The van der Waals surface area contributed by atoms with E-state index in [1.54, 1.807) is 11.3 Å². The van der Waals surface area contributed by atoms with E-state index < -0.39 is 11.9 Å². The van der Waals surface area contributed by atoms with Crippen LogP contribution in [0.3, 0.4) is 0 Å². The van der Waals surface area contributed by atoms with Crippen molar-refractivity contribution in [1.82, 2.24) is 15.2 Å². The van der Waals surface area contributed by atoms with Gasteiger partial charge in [0, 0.05) is 19.0 Å². The zero-order valence-corrected chi connectivity index (χ0v) is 16.9. The fourth-order valence-corrected chi connectivity index (χ4v) is 3.29. The molecule has 0 radical (unpaired) electrons. The summed E-state index contributed by atoms with van der Waals surface area (Å²) in [6.45, 7) is 5.12. The van der Waals surface area contributed by atoms with Gasteiger partial charge in [0.2, 0.25) is 5.91 Å². The van der Waals surface area contributed by atoms with Crippen molar-refractivity contribution in [1.29, 1.82) is 0 Å². The minimum atomic E-state index is -0.463. The van der Waals surface area contributed by atoms with Crippen molar-refractivity contribution in [2.24, 2.45) is 0 Å². The SMILES string of the molecule is CN(CC(=O)NC(C)(C)C)C(=O)COC(=O)CCc1nc2ccccc2s1. The Morgan fingerprint density at radius 2 is 1.93 bits per heavy atom. The first kappa shape index (κ1) is 20.8. The molecule has 0 bridgehead atoms. The third-order valence-corrected chi connectivity index (χ3v) is 4.65. The number of amides is 2. The lowest BCUT2D eigenvalue weighted by Gasteiger charge is -2.23. The Balaban J connectivity index is 1.72. The minimum absolute atomic E-state index is 0.0840. The summed E-state index contributed by atoms with van der Waals surface area (Å²) in [5.74, 6) is -1.15. The molecule has 0 spiro atoms. The van der Waals surface area contributed by atoms with Gasteiger partial charge in [0.1, 0.15) is 0 Å². The number of rotatable bonds is 7. The smallest absolute Gasteiger partial charge is 0.306 e. The van der Waals surface area contributed by atoms with Gasteiger partial charge in [0.25, 0.3) is 5.91 Å². The van der Waals surface area contributed by atoms with Crippen molar-refractivity contribution in [3.63, 3.8) is 0 Å². The summed E-state index contributed by atoms with van der Waals surface area (Å²) in [5.41, 5.74) is 0.546. The van der Waals surface area contributed by atoms with Crippen LogP contribution in [0.5, 0.6) is 0 Å². The Bertz CT molecular complexity index is 793. The van der Waals surface area contributed by atoms with E-state index in [2.05, 4.69) is 10.3 Å². The summed E-state index contributed by atoms with van der Waals surface area (Å²) in [6.07, 6.45) is 0.623. The molecule has 1 aromatic carbocycles. The number of aromatic nitrogens is 1. The number of fused-ring (bicyclic) bond motifs is 1. The van der Waals surface area contributed by atoms with Gasteiger partial charge in [0.15, 0.2) is 6.61 Å². The van der Waals surface area contributed by atoms with Crippen molar-refractivity contribution < 1.29 is 19.1 Å². The van der Waals surface area contributed by atoms with Crippen LogP contribution < -0.4 is 5.32 Å². The largest absolute Gasteiger partial charge is 0.456 e. The fraction of sp³-hybridized carbons (Fsp3) is 0.474. The van der Waals surface area contributed by atoms with Crippen LogP contribution in [0.15, 0.2) is 24.3 Å². The molecule has 2 rings (SSSR count). The lowest BCUT2D eigenvalue weighted by atomic mass is 10.1. The Hall–Kier alpha value is -2.48. The molecule has 1 heterocycles. The summed E-state index contributed by atoms with van der Waals surface area (Å²) >= 11 is 1.54. The highest BCUT2D eigenvalue weighted by Gasteiger charge is 2.18. The number of carbonyl (C=O) groups is 3. The molecule has 1 N–H and O–H groups in total. The summed E-state index contributed by atoms with van der Waals surface area (Å²) in [4.78, 5) is 41.4. The highest BCUT2D eigenvalue weighted by atomic mass is 32.1. The van der Waals surface area contributed by atoms with Crippen LogP contribution in [0.2, 0.25) is 0 Å². The first-order valence-corrected chi connectivity index (χ1v) is 9.51. The Morgan fingerprint density at radius 1 is 1.22 bits per heavy atom. The number of para-hydroxylation sites is 1. The standard InChI is InChI=1S/C19H25N3O4S/c1-19(2,3)21-15(23)11-22(4)17(24)12-26-18(25)10-9-16-20-13-7-5-6-8-14(13)27-16/h5-8H,9-12H2,1-4H3,(H,21,23). The summed E-state index contributed by atoms with van der Waals surface area (Å²) in [5, 5.41) is 3.63. The molecule has 0 fully saturated rings. The van der Waals surface area contributed by atoms with E-state index in [-0.39, 0.29) is 31.0 Å². The zero-order chi connectivity index (χ0) is 20.0. The van der Waals surface area contributed by atoms with E-state index in [9.17, 15) is 14.4 Å². The second kappa shape index (κ2) is 8.94. The molecule has 2 amide bonds. The van der Waals surface area contributed by atoms with Crippen LogP contribution in [-0.2, 0) is 25.5 Å². The van der Waals surface area contributed by atoms with Gasteiger partial charge in [0.05, 0.1) is 28.2 Å². The predicted molar refractivity (Wildman–Crippen MR) is 104 cm³/mol. The van der Waals surface area contributed by atoms with Crippen LogP contribution in [0.1, 0.15) is 32.2 Å². The average Bonchev–Trinajstić information content (AvgIpc) is 2.98. The number of hydrogen-bond donors (Lipinski definition) is 1. The van der Waals surface area contributed by atoms with E-state index in [0.29, 0.717) is 6.42 Å². The molecule has 0 saturated heterocycles. The van der Waals surface area contributed by atoms with Crippen LogP contribution in [0.25, 0.3) is 10.2 Å². The van der Waals surface area contributed by atoms with Gasteiger partial charge in [-0.1, -0.05) is 12.1 Å². The highest BCUT2D eigenvalue weighted by molar-refractivity contribution is 7.18. The molecule has 0 atom stereocenters. The van der Waals surface area contributed by atoms with Gasteiger partial charge in [-0.25, -0.2) is 4.98 Å². The molecule has 2 aromatic rings. The molecule has 0 saturated carbocycles. The number of thiazole rings is 1. The Labute approximate surface area is 162 Å². The number of nitrogens with one attached hydrogen (secondary N) is 1. The molecule has 0 aliphatic rings. The number of hydrogen-bond acceptors (Lipinski definition) is 6. The predicted octanol–water partition coefficient (Wildman–Crippen LogP) is 2.15. The maximum atomic E-state index is 12.0. The fourth-order valence-electron chi connectivity index (χ4n) is 2.32. The quantitative estimate of drug-likeness (QED) is 0.731. The lowest BCUT2D eigenvalue weighted by Crippen LogP contribution is -2.46. The zero-order valence-electron chi connectivity index (χ0n) is 16.1. The molecule has 0 aliphatic heterocycles. The third kappa shape index (κ3) is 6.97. The van der Waals surface area contributed by atoms with Gasteiger partial charge in [-0.3, -0.25) is 14.4 Å². The number of ether oxygens (including phenoxy) is 1. The molecule has 27 heavy (non-hydrogen) atoms. The second-order valence-corrected chi connectivity index (χ2v) is 8.40. The van der Waals surface area contributed by atoms with Crippen molar-refractivity contribution in [2.75, 3.05) is 20.2 Å². The van der Waals surface area contributed by atoms with Gasteiger partial charge >= 0.3 is 5.97 Å². The number of aryl methyl sites for hydroxylation is 1. The topological polar surface area (TPSA) is 88.6 Å². The van der Waals surface area contributed by atoms with E-state index >= 15 is 0 Å². The van der Waals surface area contributed by atoms with E-state index in [1.165, 1.54) is 11.9 Å². The molecule has 0 aliphatic carbocycles. The van der Waals surface area contributed by atoms with Crippen LogP contribution in [0.4, 0.5) is 0 Å². The first-order valence-electron chi connectivity index (χ1n) is 8.69. The number of nitrogens with zero attached hydrogens (tertiary/aromatic N) is 2. The summed E-state index contributed by atoms with van der Waals surface area (Å²) < 4.78 is 6.09. The number of carbonyl (C=O) groups excluding carboxylic acids is 3. The Morgan fingerprint density at radius 3 is 2.59 bits per heavy atom. The van der Waals surface area contributed by atoms with Gasteiger partial charge in [-0.2, -0.15) is 0 Å². The third-order valence-electron chi connectivity index (χ3n) is 3.56. The van der Waals surface area contributed by atoms with Crippen molar-refractivity contribution >= 4 is 39.3 Å². The van der Waals surface area contributed by atoms with Gasteiger partial charge in [-0.15, -0.1) is 11.3 Å². The second-order valence-electron chi connectivity index (χ2n) is 7.28. The highest BCUT2D eigenvalue weighted by Crippen LogP contribution is 2.22. The van der Waals surface area contributed by atoms with Gasteiger partial charge < -0.3 is 15.0 Å². The lowest BCUT2D eigenvalue weighted by molar-refractivity contribution is -0.152. The normalized spacial score (nSPS) is 11.3. The van der Waals surface area contributed by atoms with Gasteiger partial charge in [-0.05, 0) is 32.9 Å². The van der Waals surface area contributed by atoms with Crippen LogP contribution in [-0.4, -0.2) is 53.4 Å². The van der Waals surface area contributed by atoms with Crippen molar-refractivity contribution in [3.8, 4) is 0 Å². The molecule has 1 aromatic heterocycles. The maximum Gasteiger partial charge on any atom is 0.306 e.